The predicted molar refractivity (Wildman–Crippen MR) is 112 cm³/mol. The van der Waals surface area contributed by atoms with Crippen LogP contribution in [0.5, 0.6) is 0 Å². The summed E-state index contributed by atoms with van der Waals surface area (Å²) in [5.74, 6) is 1.21. The molecule has 2 aliphatic rings. The van der Waals surface area contributed by atoms with Crippen molar-refractivity contribution in [1.82, 2.24) is 20.5 Å². The quantitative estimate of drug-likeness (QED) is 0.640. The van der Waals surface area contributed by atoms with E-state index in [1.54, 1.807) is 6.20 Å². The van der Waals surface area contributed by atoms with Crippen LogP contribution in [-0.2, 0) is 13.1 Å². The first-order valence-electron chi connectivity index (χ1n) is 10.1. The highest BCUT2D eigenvalue weighted by Crippen LogP contribution is 2.32. The molecule has 0 radical (unpaired) electrons. The lowest BCUT2D eigenvalue weighted by atomic mass is 9.94. The maximum absolute atomic E-state index is 12.8. The van der Waals surface area contributed by atoms with Gasteiger partial charge in [-0.3, -0.25) is 9.89 Å². The van der Waals surface area contributed by atoms with Gasteiger partial charge in [0.25, 0.3) is 5.91 Å². The van der Waals surface area contributed by atoms with Crippen LogP contribution < -0.4 is 15.5 Å². The number of amides is 1. The molecule has 0 spiro atoms. The van der Waals surface area contributed by atoms with Crippen molar-refractivity contribution in [3.8, 4) is 0 Å². The number of hydrogen-bond acceptors (Lipinski definition) is 5. The summed E-state index contributed by atoms with van der Waals surface area (Å²) < 4.78 is 0. The molecular weight excluding hydrogens is 364 g/mol. The Labute approximate surface area is 169 Å². The zero-order valence-corrected chi connectivity index (χ0v) is 16.2. The lowest BCUT2D eigenvalue weighted by Gasteiger charge is -2.20. The van der Waals surface area contributed by atoms with E-state index >= 15 is 0 Å². The molecule has 3 aromatic rings. The number of carbonyl (C=O) groups is 1. The topological polar surface area (TPSA) is 85.9 Å². The number of rotatable bonds is 4. The van der Waals surface area contributed by atoms with E-state index in [0.717, 1.165) is 61.8 Å². The molecule has 7 heteroatoms. The Hall–Kier alpha value is -3.19. The SMILES string of the molecule is O=C(Nc1cccc2c1CN(c1ccccn1)C2)c1cc(C2CCNCC2)[nH]n1. The number of fused-ring (bicyclic) bond motifs is 1. The molecule has 1 aromatic carbocycles. The van der Waals surface area contributed by atoms with Crippen molar-refractivity contribution in [3.05, 3.63) is 71.2 Å². The van der Waals surface area contributed by atoms with Gasteiger partial charge in [0.15, 0.2) is 5.69 Å². The summed E-state index contributed by atoms with van der Waals surface area (Å²) in [5.41, 5.74) is 4.69. The zero-order chi connectivity index (χ0) is 19.6. The maximum Gasteiger partial charge on any atom is 0.276 e. The van der Waals surface area contributed by atoms with Crippen LogP contribution in [-0.4, -0.2) is 34.2 Å². The number of hydrogen-bond donors (Lipinski definition) is 3. The van der Waals surface area contributed by atoms with Gasteiger partial charge in [0.1, 0.15) is 5.82 Å². The molecule has 0 saturated carbocycles. The molecule has 1 saturated heterocycles. The molecule has 4 heterocycles. The molecule has 148 valence electrons. The first-order chi connectivity index (χ1) is 14.3. The first kappa shape index (κ1) is 17.9. The van der Waals surface area contributed by atoms with E-state index in [1.165, 1.54) is 5.56 Å². The largest absolute Gasteiger partial charge is 0.348 e. The van der Waals surface area contributed by atoms with E-state index in [0.29, 0.717) is 11.6 Å². The fraction of sp³-hybridized carbons (Fsp3) is 0.318. The highest BCUT2D eigenvalue weighted by atomic mass is 16.1. The lowest BCUT2D eigenvalue weighted by molar-refractivity contribution is 0.102. The molecule has 5 rings (SSSR count). The number of anilines is 2. The highest BCUT2D eigenvalue weighted by molar-refractivity contribution is 6.03. The number of benzene rings is 1. The van der Waals surface area contributed by atoms with Gasteiger partial charge in [0.05, 0.1) is 0 Å². The number of aromatic amines is 1. The molecule has 0 bridgehead atoms. The van der Waals surface area contributed by atoms with E-state index in [2.05, 4.69) is 36.8 Å². The number of nitrogens with one attached hydrogen (secondary N) is 3. The summed E-state index contributed by atoms with van der Waals surface area (Å²) in [6, 6.07) is 13.9. The Morgan fingerprint density at radius 2 is 2.00 bits per heavy atom. The highest BCUT2D eigenvalue weighted by Gasteiger charge is 2.24. The van der Waals surface area contributed by atoms with Gasteiger partial charge in [-0.15, -0.1) is 0 Å². The Morgan fingerprint density at radius 3 is 2.83 bits per heavy atom. The fourth-order valence-corrected chi connectivity index (χ4v) is 4.22. The molecule has 2 aliphatic heterocycles. The average Bonchev–Trinajstić information content (AvgIpc) is 3.43. The van der Waals surface area contributed by atoms with Gasteiger partial charge in [-0.05, 0) is 61.3 Å². The predicted octanol–water partition coefficient (Wildman–Crippen LogP) is 3.04. The number of nitrogens with zero attached hydrogens (tertiary/aromatic N) is 3. The Bertz CT molecular complexity index is 1010. The fourth-order valence-electron chi connectivity index (χ4n) is 4.22. The molecule has 1 amide bonds. The summed E-state index contributed by atoms with van der Waals surface area (Å²) in [6.45, 7) is 3.53. The van der Waals surface area contributed by atoms with Gasteiger partial charge in [-0.1, -0.05) is 18.2 Å². The van der Waals surface area contributed by atoms with Crippen LogP contribution >= 0.6 is 0 Å². The van der Waals surface area contributed by atoms with Crippen LogP contribution in [0.4, 0.5) is 11.5 Å². The second-order valence-electron chi connectivity index (χ2n) is 7.67. The van der Waals surface area contributed by atoms with Gasteiger partial charge in [-0.2, -0.15) is 5.10 Å². The van der Waals surface area contributed by atoms with Crippen molar-refractivity contribution in [2.45, 2.75) is 31.8 Å². The number of aromatic nitrogens is 3. The third-order valence-electron chi connectivity index (χ3n) is 5.81. The van der Waals surface area contributed by atoms with Crippen LogP contribution in [0.2, 0.25) is 0 Å². The van der Waals surface area contributed by atoms with E-state index in [1.807, 2.05) is 36.4 Å². The first-order valence-corrected chi connectivity index (χ1v) is 10.1. The molecule has 0 unspecified atom stereocenters. The van der Waals surface area contributed by atoms with Crippen LogP contribution in [0, 0.1) is 0 Å². The number of carbonyl (C=O) groups excluding carboxylic acids is 1. The minimum Gasteiger partial charge on any atom is -0.348 e. The molecule has 7 nitrogen and oxygen atoms in total. The van der Waals surface area contributed by atoms with E-state index < -0.39 is 0 Å². The normalized spacial score (nSPS) is 16.6. The summed E-state index contributed by atoms with van der Waals surface area (Å²) in [7, 11) is 0. The van der Waals surface area contributed by atoms with Gasteiger partial charge in [0, 0.05) is 36.6 Å². The smallest absolute Gasteiger partial charge is 0.276 e. The monoisotopic (exact) mass is 388 g/mol. The summed E-state index contributed by atoms with van der Waals surface area (Å²) >= 11 is 0. The number of pyridine rings is 1. The van der Waals surface area contributed by atoms with Crippen molar-refractivity contribution in [2.75, 3.05) is 23.3 Å². The minimum atomic E-state index is -0.175. The second kappa shape index (κ2) is 7.67. The van der Waals surface area contributed by atoms with Crippen LogP contribution in [0.1, 0.15) is 46.1 Å². The van der Waals surface area contributed by atoms with E-state index in [-0.39, 0.29) is 5.91 Å². The molecule has 3 N–H and O–H groups in total. The van der Waals surface area contributed by atoms with Crippen molar-refractivity contribution in [2.24, 2.45) is 0 Å². The third kappa shape index (κ3) is 3.61. The van der Waals surface area contributed by atoms with E-state index in [4.69, 9.17) is 0 Å². The lowest BCUT2D eigenvalue weighted by Crippen LogP contribution is -2.26. The summed E-state index contributed by atoms with van der Waals surface area (Å²) in [6.07, 6.45) is 3.94. The van der Waals surface area contributed by atoms with Crippen molar-refractivity contribution in [1.29, 1.82) is 0 Å². The Kier molecular flexibility index (Phi) is 4.73. The third-order valence-corrected chi connectivity index (χ3v) is 5.81. The molecule has 0 atom stereocenters. The Morgan fingerprint density at radius 1 is 1.10 bits per heavy atom. The average molecular weight is 388 g/mol. The van der Waals surface area contributed by atoms with Gasteiger partial charge >= 0.3 is 0 Å². The van der Waals surface area contributed by atoms with Crippen molar-refractivity contribution >= 4 is 17.4 Å². The Balaban J connectivity index is 1.32. The molecule has 2 aromatic heterocycles. The molecular formula is C22H24N6O. The maximum atomic E-state index is 12.8. The van der Waals surface area contributed by atoms with Crippen LogP contribution in [0.15, 0.2) is 48.7 Å². The van der Waals surface area contributed by atoms with Crippen LogP contribution in [0.3, 0.4) is 0 Å². The number of piperidine rings is 1. The summed E-state index contributed by atoms with van der Waals surface area (Å²) in [5, 5.41) is 13.8. The zero-order valence-electron chi connectivity index (χ0n) is 16.2. The van der Waals surface area contributed by atoms with E-state index in [9.17, 15) is 4.79 Å². The number of H-pyrrole nitrogens is 1. The van der Waals surface area contributed by atoms with Gasteiger partial charge < -0.3 is 15.5 Å². The van der Waals surface area contributed by atoms with Gasteiger partial charge in [-0.25, -0.2) is 4.98 Å². The van der Waals surface area contributed by atoms with Crippen LogP contribution in [0.25, 0.3) is 0 Å². The second-order valence-corrected chi connectivity index (χ2v) is 7.67. The molecule has 1 fully saturated rings. The molecule has 0 aliphatic carbocycles. The van der Waals surface area contributed by atoms with Gasteiger partial charge in [0.2, 0.25) is 0 Å². The van der Waals surface area contributed by atoms with Crippen molar-refractivity contribution in [3.63, 3.8) is 0 Å². The molecule has 29 heavy (non-hydrogen) atoms. The standard InChI is InChI=1S/C22H24N6O/c29-22(20-12-19(26-27-20)15-7-10-23-11-8-15)25-18-5-3-4-16-13-28(14-17(16)18)21-6-1-2-9-24-21/h1-6,9,12,15,23H,7-8,10-11,13-14H2,(H,25,29)(H,26,27). The summed E-state index contributed by atoms with van der Waals surface area (Å²) in [4.78, 5) is 19.5. The minimum absolute atomic E-state index is 0.175. The van der Waals surface area contributed by atoms with Crippen molar-refractivity contribution < 1.29 is 4.79 Å².